The summed E-state index contributed by atoms with van der Waals surface area (Å²) in [4.78, 5) is 10.3. The van der Waals surface area contributed by atoms with Crippen molar-refractivity contribution < 1.29 is 0 Å². The van der Waals surface area contributed by atoms with Crippen LogP contribution >= 0.6 is 11.3 Å². The number of nitrogens with zero attached hydrogens (tertiary/aromatic N) is 3. The second-order valence-corrected chi connectivity index (χ2v) is 8.63. The summed E-state index contributed by atoms with van der Waals surface area (Å²) >= 11 is 1.60. The summed E-state index contributed by atoms with van der Waals surface area (Å²) in [5.41, 5.74) is 6.68. The standard InChI is InChI=1S/C21H18N4S.C6H4/c1-4-16-11-13-26-19(16)18-20(23-15(3)17-8-6-5-7-9-17)25-12-10-14(2)22-21(25)24-18;1-2-5-4-6(5)3-1/h1,5-13,15,23H,2-3H3;1-4H. The molecular weight excluding hydrogens is 412 g/mol. The lowest BCUT2D eigenvalue weighted by Gasteiger charge is -2.16. The Labute approximate surface area is 191 Å². The highest BCUT2D eigenvalue weighted by atomic mass is 32.1. The van der Waals surface area contributed by atoms with Crippen LogP contribution in [0.15, 0.2) is 78.3 Å². The molecule has 0 saturated carbocycles. The number of benzene rings is 2. The van der Waals surface area contributed by atoms with Gasteiger partial charge in [-0.05, 0) is 54.1 Å². The monoisotopic (exact) mass is 434 g/mol. The fourth-order valence-corrected chi connectivity index (χ4v) is 4.47. The van der Waals surface area contributed by atoms with Crippen molar-refractivity contribution >= 4 is 22.9 Å². The lowest BCUT2D eigenvalue weighted by Crippen LogP contribution is -2.09. The molecule has 32 heavy (non-hydrogen) atoms. The van der Waals surface area contributed by atoms with Crippen LogP contribution < -0.4 is 5.32 Å². The first kappa shape index (κ1) is 20.0. The third-order valence-corrected chi connectivity index (χ3v) is 6.36. The van der Waals surface area contributed by atoms with Crippen LogP contribution in [0.5, 0.6) is 0 Å². The van der Waals surface area contributed by atoms with Gasteiger partial charge in [0.15, 0.2) is 0 Å². The highest BCUT2D eigenvalue weighted by Gasteiger charge is 2.20. The molecule has 2 aliphatic carbocycles. The summed E-state index contributed by atoms with van der Waals surface area (Å²) in [5, 5.41) is 5.61. The summed E-state index contributed by atoms with van der Waals surface area (Å²) in [5.74, 6) is 4.33. The maximum absolute atomic E-state index is 5.68. The molecular formula is C27H22N4S. The molecule has 0 saturated heterocycles. The minimum Gasteiger partial charge on any atom is -0.363 e. The number of fused-ring (bicyclic) bond motifs is 2. The molecule has 2 aliphatic rings. The van der Waals surface area contributed by atoms with Crippen LogP contribution in [0, 0.1) is 19.3 Å². The van der Waals surface area contributed by atoms with Crippen LogP contribution in [0.4, 0.5) is 5.82 Å². The number of imidazole rings is 1. The molecule has 1 N–H and O–H groups in total. The van der Waals surface area contributed by atoms with Crippen molar-refractivity contribution in [1.29, 1.82) is 0 Å². The Hall–Kier alpha value is -3.88. The second-order valence-electron chi connectivity index (χ2n) is 7.71. The molecule has 1 aromatic carbocycles. The van der Waals surface area contributed by atoms with E-state index in [1.807, 2.05) is 53.2 Å². The minimum atomic E-state index is 0.116. The van der Waals surface area contributed by atoms with Crippen LogP contribution in [0.3, 0.4) is 0 Å². The molecule has 1 atom stereocenters. The molecule has 6 rings (SSSR count). The van der Waals surface area contributed by atoms with Gasteiger partial charge in [-0.15, -0.1) is 17.8 Å². The minimum absolute atomic E-state index is 0.116. The topological polar surface area (TPSA) is 42.2 Å². The number of terminal acetylenes is 1. The summed E-state index contributed by atoms with van der Waals surface area (Å²) in [6.07, 6.45) is 7.68. The molecule has 0 amide bonds. The SMILES string of the molecule is C#Cc1ccsc1-c1nc2nc(C)ccn2c1NC(C)c1ccccc1.c1cc2cc-2c1. The van der Waals surface area contributed by atoms with Gasteiger partial charge in [0.05, 0.1) is 4.88 Å². The second kappa shape index (κ2) is 8.33. The van der Waals surface area contributed by atoms with E-state index < -0.39 is 0 Å². The van der Waals surface area contributed by atoms with E-state index in [4.69, 9.17) is 11.4 Å². The lowest BCUT2D eigenvalue weighted by molar-refractivity contribution is 0.869. The van der Waals surface area contributed by atoms with Gasteiger partial charge in [-0.3, -0.25) is 4.40 Å². The van der Waals surface area contributed by atoms with E-state index in [2.05, 4.69) is 59.5 Å². The van der Waals surface area contributed by atoms with Crippen molar-refractivity contribution in [3.63, 3.8) is 0 Å². The smallest absolute Gasteiger partial charge is 0.236 e. The van der Waals surface area contributed by atoms with Gasteiger partial charge in [0.1, 0.15) is 11.5 Å². The van der Waals surface area contributed by atoms with E-state index in [-0.39, 0.29) is 6.04 Å². The lowest BCUT2D eigenvalue weighted by atomic mass is 10.1. The number of hydrogen-bond acceptors (Lipinski definition) is 4. The zero-order valence-corrected chi connectivity index (χ0v) is 18.7. The van der Waals surface area contributed by atoms with Crippen LogP contribution in [-0.4, -0.2) is 14.4 Å². The van der Waals surface area contributed by atoms with Gasteiger partial charge in [-0.25, -0.2) is 9.97 Å². The molecule has 0 radical (unpaired) electrons. The van der Waals surface area contributed by atoms with E-state index in [1.165, 1.54) is 16.7 Å². The van der Waals surface area contributed by atoms with Gasteiger partial charge in [0, 0.05) is 23.5 Å². The number of nitrogens with one attached hydrogen (secondary N) is 1. The average molecular weight is 435 g/mol. The molecule has 1 unspecified atom stereocenters. The maximum atomic E-state index is 5.68. The molecule has 5 heteroatoms. The Morgan fingerprint density at radius 3 is 2.44 bits per heavy atom. The largest absolute Gasteiger partial charge is 0.363 e. The first-order chi connectivity index (χ1) is 15.6. The number of anilines is 1. The molecule has 3 aromatic heterocycles. The van der Waals surface area contributed by atoms with Gasteiger partial charge < -0.3 is 5.32 Å². The van der Waals surface area contributed by atoms with Gasteiger partial charge in [0.25, 0.3) is 0 Å². The van der Waals surface area contributed by atoms with Gasteiger partial charge in [0.2, 0.25) is 5.78 Å². The van der Waals surface area contributed by atoms with E-state index in [9.17, 15) is 0 Å². The molecule has 0 fully saturated rings. The van der Waals surface area contributed by atoms with E-state index in [1.54, 1.807) is 11.3 Å². The fraction of sp³-hybridized carbons (Fsp3) is 0.111. The predicted octanol–water partition coefficient (Wildman–Crippen LogP) is 6.59. The Morgan fingerprint density at radius 1 is 1.00 bits per heavy atom. The van der Waals surface area contributed by atoms with Crippen molar-refractivity contribution in [1.82, 2.24) is 14.4 Å². The molecule has 4 aromatic rings. The number of aryl methyl sites for hydroxylation is 1. The first-order valence-corrected chi connectivity index (χ1v) is 11.3. The average Bonchev–Trinajstić information content (AvgIpc) is 3.17. The third kappa shape index (κ3) is 3.89. The summed E-state index contributed by atoms with van der Waals surface area (Å²) in [6.45, 7) is 4.10. The Bertz CT molecular complexity index is 1420. The molecule has 156 valence electrons. The van der Waals surface area contributed by atoms with Crippen molar-refractivity contribution in [3.05, 3.63) is 95.1 Å². The number of aromatic nitrogens is 3. The normalized spacial score (nSPS) is 11.9. The zero-order chi connectivity index (χ0) is 22.1. The maximum Gasteiger partial charge on any atom is 0.236 e. The van der Waals surface area contributed by atoms with Gasteiger partial charge in [-0.2, -0.15) is 0 Å². The van der Waals surface area contributed by atoms with Crippen LogP contribution in [-0.2, 0) is 0 Å². The van der Waals surface area contributed by atoms with Crippen LogP contribution in [0.25, 0.3) is 27.5 Å². The fourth-order valence-electron chi connectivity index (χ4n) is 3.63. The van der Waals surface area contributed by atoms with Crippen LogP contribution in [0.2, 0.25) is 0 Å². The summed E-state index contributed by atoms with van der Waals surface area (Å²) in [6, 6.07) is 22.9. The van der Waals surface area contributed by atoms with Crippen molar-refractivity contribution in [3.8, 4) is 34.0 Å². The van der Waals surface area contributed by atoms with Crippen molar-refractivity contribution in [2.24, 2.45) is 0 Å². The van der Waals surface area contributed by atoms with Crippen molar-refractivity contribution in [2.75, 3.05) is 5.32 Å². The molecule has 0 aliphatic heterocycles. The van der Waals surface area contributed by atoms with Gasteiger partial charge >= 0.3 is 0 Å². The van der Waals surface area contributed by atoms with Crippen molar-refractivity contribution in [2.45, 2.75) is 19.9 Å². The summed E-state index contributed by atoms with van der Waals surface area (Å²) < 4.78 is 1.99. The molecule has 3 heterocycles. The highest BCUT2D eigenvalue weighted by molar-refractivity contribution is 7.13. The quantitative estimate of drug-likeness (QED) is 0.318. The van der Waals surface area contributed by atoms with E-state index in [0.29, 0.717) is 5.78 Å². The first-order valence-electron chi connectivity index (χ1n) is 10.5. The van der Waals surface area contributed by atoms with Gasteiger partial charge in [-0.1, -0.05) is 54.5 Å². The highest BCUT2D eigenvalue weighted by Crippen LogP contribution is 2.36. The Balaban J connectivity index is 0.000000306. The van der Waals surface area contributed by atoms with Crippen LogP contribution in [0.1, 0.15) is 29.8 Å². The predicted molar refractivity (Wildman–Crippen MR) is 133 cm³/mol. The molecule has 0 spiro atoms. The summed E-state index contributed by atoms with van der Waals surface area (Å²) in [7, 11) is 0. The number of thiophene rings is 1. The number of rotatable bonds is 4. The van der Waals surface area contributed by atoms with E-state index >= 15 is 0 Å². The van der Waals surface area contributed by atoms with E-state index in [0.717, 1.165) is 27.6 Å². The third-order valence-electron chi connectivity index (χ3n) is 5.43. The Kier molecular flexibility index (Phi) is 5.22. The zero-order valence-electron chi connectivity index (χ0n) is 17.9. The number of hydrogen-bond donors (Lipinski definition) is 1. The molecule has 4 nitrogen and oxygen atoms in total. The Morgan fingerprint density at radius 2 is 1.78 bits per heavy atom. The molecule has 0 bridgehead atoms.